The SMILES string of the molecule is CCOc1cccc2c1C(NC)CC(C)(C)O2. The molecule has 0 radical (unpaired) electrons. The van der Waals surface area contributed by atoms with Crippen LogP contribution in [0, 0.1) is 0 Å². The molecule has 2 rings (SSSR count). The van der Waals surface area contributed by atoms with Crippen LogP contribution in [-0.2, 0) is 0 Å². The molecule has 0 saturated heterocycles. The van der Waals surface area contributed by atoms with E-state index >= 15 is 0 Å². The van der Waals surface area contributed by atoms with Crippen LogP contribution in [0.2, 0.25) is 0 Å². The van der Waals surface area contributed by atoms with Gasteiger partial charge in [-0.1, -0.05) is 6.07 Å². The third-order valence-electron chi connectivity index (χ3n) is 3.10. The fourth-order valence-corrected chi connectivity index (χ4v) is 2.42. The van der Waals surface area contributed by atoms with Crippen LogP contribution < -0.4 is 14.8 Å². The molecule has 1 aromatic carbocycles. The quantitative estimate of drug-likeness (QED) is 0.873. The van der Waals surface area contributed by atoms with Crippen molar-refractivity contribution in [2.75, 3.05) is 13.7 Å². The lowest BCUT2D eigenvalue weighted by Crippen LogP contribution is -2.38. The Labute approximate surface area is 103 Å². The zero-order valence-electron chi connectivity index (χ0n) is 11.0. The average molecular weight is 235 g/mol. The Morgan fingerprint density at radius 1 is 1.47 bits per heavy atom. The summed E-state index contributed by atoms with van der Waals surface area (Å²) in [6, 6.07) is 6.30. The van der Waals surface area contributed by atoms with Crippen molar-refractivity contribution in [1.29, 1.82) is 0 Å². The molecule has 1 aliphatic heterocycles. The van der Waals surface area contributed by atoms with Crippen molar-refractivity contribution >= 4 is 0 Å². The van der Waals surface area contributed by atoms with Crippen LogP contribution in [0.5, 0.6) is 11.5 Å². The molecule has 94 valence electrons. The Bertz CT molecular complexity index is 401. The summed E-state index contributed by atoms with van der Waals surface area (Å²) in [6.45, 7) is 6.92. The highest BCUT2D eigenvalue weighted by Crippen LogP contribution is 2.43. The second-order valence-corrected chi connectivity index (χ2v) is 5.01. The predicted octanol–water partition coefficient (Wildman–Crippen LogP) is 2.91. The zero-order valence-corrected chi connectivity index (χ0v) is 11.0. The Kier molecular flexibility index (Phi) is 3.29. The molecule has 1 aromatic rings. The predicted molar refractivity (Wildman–Crippen MR) is 68.7 cm³/mol. The first-order valence-electron chi connectivity index (χ1n) is 6.19. The van der Waals surface area contributed by atoms with Crippen molar-refractivity contribution in [2.45, 2.75) is 38.8 Å². The molecule has 0 saturated carbocycles. The third kappa shape index (κ3) is 2.39. The number of hydrogen-bond acceptors (Lipinski definition) is 3. The van der Waals surface area contributed by atoms with E-state index in [1.165, 1.54) is 0 Å². The van der Waals surface area contributed by atoms with Crippen LogP contribution in [0.25, 0.3) is 0 Å². The zero-order chi connectivity index (χ0) is 12.5. The smallest absolute Gasteiger partial charge is 0.128 e. The first-order chi connectivity index (χ1) is 8.07. The van der Waals surface area contributed by atoms with Gasteiger partial charge in [-0.05, 0) is 40.0 Å². The van der Waals surface area contributed by atoms with Gasteiger partial charge < -0.3 is 14.8 Å². The molecular weight excluding hydrogens is 214 g/mol. The second kappa shape index (κ2) is 4.57. The van der Waals surface area contributed by atoms with Crippen molar-refractivity contribution in [3.63, 3.8) is 0 Å². The first-order valence-corrected chi connectivity index (χ1v) is 6.19. The van der Waals surface area contributed by atoms with Crippen LogP contribution in [0.3, 0.4) is 0 Å². The molecule has 0 fully saturated rings. The second-order valence-electron chi connectivity index (χ2n) is 5.01. The van der Waals surface area contributed by atoms with E-state index in [9.17, 15) is 0 Å². The lowest BCUT2D eigenvalue weighted by Gasteiger charge is -2.38. The van der Waals surface area contributed by atoms with Gasteiger partial charge in [0.05, 0.1) is 12.2 Å². The lowest BCUT2D eigenvalue weighted by molar-refractivity contribution is 0.0660. The molecule has 1 N–H and O–H groups in total. The molecule has 0 spiro atoms. The van der Waals surface area contributed by atoms with Crippen LogP contribution in [0.4, 0.5) is 0 Å². The van der Waals surface area contributed by atoms with Crippen molar-refractivity contribution in [1.82, 2.24) is 5.32 Å². The molecule has 0 bridgehead atoms. The lowest BCUT2D eigenvalue weighted by atomic mass is 9.89. The maximum atomic E-state index is 6.02. The molecule has 17 heavy (non-hydrogen) atoms. The number of hydrogen-bond donors (Lipinski definition) is 1. The van der Waals surface area contributed by atoms with Gasteiger partial charge in [-0.25, -0.2) is 0 Å². The van der Waals surface area contributed by atoms with Gasteiger partial charge in [0, 0.05) is 12.5 Å². The number of ether oxygens (including phenoxy) is 2. The van der Waals surface area contributed by atoms with Gasteiger partial charge in [0.1, 0.15) is 17.1 Å². The van der Waals surface area contributed by atoms with Gasteiger partial charge in [0.25, 0.3) is 0 Å². The number of benzene rings is 1. The standard InChI is InChI=1S/C14H21NO2/c1-5-16-11-7-6-8-12-13(11)10(15-4)9-14(2,3)17-12/h6-8,10,15H,5,9H2,1-4H3. The fourth-order valence-electron chi connectivity index (χ4n) is 2.42. The van der Waals surface area contributed by atoms with Gasteiger partial charge >= 0.3 is 0 Å². The molecular formula is C14H21NO2. The molecule has 1 heterocycles. The topological polar surface area (TPSA) is 30.5 Å². The summed E-state index contributed by atoms with van der Waals surface area (Å²) in [5, 5.41) is 3.35. The molecule has 1 aliphatic rings. The van der Waals surface area contributed by atoms with E-state index in [0.29, 0.717) is 6.61 Å². The van der Waals surface area contributed by atoms with E-state index in [1.807, 2.05) is 32.2 Å². The summed E-state index contributed by atoms with van der Waals surface area (Å²) in [5.74, 6) is 1.87. The molecule has 3 nitrogen and oxygen atoms in total. The number of nitrogens with one attached hydrogen (secondary N) is 1. The van der Waals surface area contributed by atoms with E-state index in [2.05, 4.69) is 19.2 Å². The number of fused-ring (bicyclic) bond motifs is 1. The Hall–Kier alpha value is -1.22. The van der Waals surface area contributed by atoms with Crippen molar-refractivity contribution in [2.24, 2.45) is 0 Å². The normalized spacial score (nSPS) is 21.5. The Morgan fingerprint density at radius 2 is 2.24 bits per heavy atom. The Morgan fingerprint density at radius 3 is 2.88 bits per heavy atom. The minimum Gasteiger partial charge on any atom is -0.493 e. The third-order valence-corrected chi connectivity index (χ3v) is 3.10. The van der Waals surface area contributed by atoms with E-state index in [-0.39, 0.29) is 11.6 Å². The maximum absolute atomic E-state index is 6.02. The monoisotopic (exact) mass is 235 g/mol. The van der Waals surface area contributed by atoms with Crippen LogP contribution in [0.1, 0.15) is 38.8 Å². The highest BCUT2D eigenvalue weighted by atomic mass is 16.5. The van der Waals surface area contributed by atoms with Crippen molar-refractivity contribution < 1.29 is 9.47 Å². The molecule has 0 amide bonds. The van der Waals surface area contributed by atoms with Gasteiger partial charge in [-0.15, -0.1) is 0 Å². The Balaban J connectivity index is 2.45. The first kappa shape index (κ1) is 12.2. The average Bonchev–Trinajstić information content (AvgIpc) is 2.27. The van der Waals surface area contributed by atoms with Gasteiger partial charge in [0.2, 0.25) is 0 Å². The van der Waals surface area contributed by atoms with E-state index in [4.69, 9.17) is 9.47 Å². The molecule has 0 aliphatic carbocycles. The van der Waals surface area contributed by atoms with Crippen LogP contribution in [-0.4, -0.2) is 19.3 Å². The summed E-state index contributed by atoms with van der Waals surface area (Å²) in [7, 11) is 1.98. The van der Waals surface area contributed by atoms with Gasteiger partial charge in [-0.3, -0.25) is 0 Å². The summed E-state index contributed by atoms with van der Waals surface area (Å²) < 4.78 is 11.7. The van der Waals surface area contributed by atoms with Crippen LogP contribution in [0.15, 0.2) is 18.2 Å². The summed E-state index contributed by atoms with van der Waals surface area (Å²) in [6.07, 6.45) is 0.945. The summed E-state index contributed by atoms with van der Waals surface area (Å²) >= 11 is 0. The largest absolute Gasteiger partial charge is 0.493 e. The molecule has 1 atom stereocenters. The highest BCUT2D eigenvalue weighted by Gasteiger charge is 2.34. The minimum absolute atomic E-state index is 0.133. The molecule has 3 heteroatoms. The summed E-state index contributed by atoms with van der Waals surface area (Å²) in [4.78, 5) is 0. The molecule has 0 aromatic heterocycles. The van der Waals surface area contributed by atoms with Gasteiger partial charge in [-0.2, -0.15) is 0 Å². The molecule has 1 unspecified atom stereocenters. The van der Waals surface area contributed by atoms with E-state index < -0.39 is 0 Å². The van der Waals surface area contributed by atoms with Crippen molar-refractivity contribution in [3.8, 4) is 11.5 Å². The number of rotatable bonds is 3. The maximum Gasteiger partial charge on any atom is 0.128 e. The fraction of sp³-hybridized carbons (Fsp3) is 0.571. The minimum atomic E-state index is -0.133. The van der Waals surface area contributed by atoms with E-state index in [0.717, 1.165) is 23.5 Å². The van der Waals surface area contributed by atoms with Crippen LogP contribution >= 0.6 is 0 Å². The van der Waals surface area contributed by atoms with Gasteiger partial charge in [0.15, 0.2) is 0 Å². The highest BCUT2D eigenvalue weighted by molar-refractivity contribution is 5.48. The summed E-state index contributed by atoms with van der Waals surface area (Å²) in [5.41, 5.74) is 1.02. The van der Waals surface area contributed by atoms with Crippen molar-refractivity contribution in [3.05, 3.63) is 23.8 Å². The van der Waals surface area contributed by atoms with E-state index in [1.54, 1.807) is 0 Å².